The van der Waals surface area contributed by atoms with Gasteiger partial charge in [-0.3, -0.25) is 0 Å². The predicted molar refractivity (Wildman–Crippen MR) is 60.2 cm³/mol. The van der Waals surface area contributed by atoms with Crippen molar-refractivity contribution in [1.82, 2.24) is 5.32 Å². The van der Waals surface area contributed by atoms with Crippen LogP contribution in [0.25, 0.3) is 0 Å². The molecule has 1 aliphatic heterocycles. The average Bonchev–Trinajstić information content (AvgIpc) is 2.17. The van der Waals surface area contributed by atoms with Crippen molar-refractivity contribution in [2.45, 2.75) is 39.3 Å². The molecule has 2 rings (SSSR count). The number of nitrogens with one attached hydrogen (secondary N) is 1. The van der Waals surface area contributed by atoms with Crippen molar-refractivity contribution in [3.8, 4) is 0 Å². The van der Waals surface area contributed by atoms with Crippen molar-refractivity contribution in [3.63, 3.8) is 0 Å². The van der Waals surface area contributed by atoms with Crippen LogP contribution in [0.5, 0.6) is 0 Å². The van der Waals surface area contributed by atoms with Gasteiger partial charge in [0.1, 0.15) is 5.82 Å². The first kappa shape index (κ1) is 10.6. The van der Waals surface area contributed by atoms with Crippen LogP contribution in [0.2, 0.25) is 0 Å². The Morgan fingerprint density at radius 3 is 2.93 bits per heavy atom. The fourth-order valence-electron chi connectivity index (χ4n) is 2.29. The molecule has 2 heteroatoms. The largest absolute Gasteiger partial charge is 0.310 e. The quantitative estimate of drug-likeness (QED) is 0.786. The number of halogens is 1. The van der Waals surface area contributed by atoms with Crippen LogP contribution in [-0.2, 0) is 13.0 Å². The molecule has 82 valence electrons. The highest BCUT2D eigenvalue weighted by atomic mass is 19.1. The van der Waals surface area contributed by atoms with Gasteiger partial charge in [0.2, 0.25) is 0 Å². The van der Waals surface area contributed by atoms with Crippen molar-refractivity contribution < 1.29 is 4.39 Å². The summed E-state index contributed by atoms with van der Waals surface area (Å²) in [5.41, 5.74) is 2.43. The Hall–Kier alpha value is -0.890. The van der Waals surface area contributed by atoms with Crippen LogP contribution in [0.15, 0.2) is 18.2 Å². The van der Waals surface area contributed by atoms with E-state index in [1.165, 1.54) is 12.0 Å². The van der Waals surface area contributed by atoms with E-state index in [2.05, 4.69) is 19.2 Å². The van der Waals surface area contributed by atoms with Gasteiger partial charge in [0.05, 0.1) is 0 Å². The molecular formula is C13H18FN. The molecule has 0 radical (unpaired) electrons. The minimum atomic E-state index is -0.127. The van der Waals surface area contributed by atoms with E-state index in [0.717, 1.165) is 18.5 Å². The molecule has 0 saturated carbocycles. The molecule has 1 aliphatic rings. The van der Waals surface area contributed by atoms with Gasteiger partial charge in [-0.25, -0.2) is 4.39 Å². The van der Waals surface area contributed by atoms with Gasteiger partial charge >= 0.3 is 0 Å². The van der Waals surface area contributed by atoms with E-state index in [0.29, 0.717) is 12.0 Å². The highest BCUT2D eigenvalue weighted by molar-refractivity contribution is 5.30. The number of benzene rings is 1. The van der Waals surface area contributed by atoms with Gasteiger partial charge in [0, 0.05) is 12.6 Å². The molecule has 1 nitrogen and oxygen atoms in total. The molecule has 0 saturated heterocycles. The third-order valence-electron chi connectivity index (χ3n) is 2.97. The molecule has 1 aromatic rings. The Kier molecular flexibility index (Phi) is 3.06. The Balaban J connectivity index is 2.10. The minimum absolute atomic E-state index is 0.127. The first-order valence-corrected chi connectivity index (χ1v) is 5.66. The van der Waals surface area contributed by atoms with E-state index < -0.39 is 0 Å². The topological polar surface area (TPSA) is 12.0 Å². The molecule has 0 fully saturated rings. The fraction of sp³-hybridized carbons (Fsp3) is 0.538. The molecule has 0 aliphatic carbocycles. The van der Waals surface area contributed by atoms with Crippen LogP contribution in [0.3, 0.4) is 0 Å². The van der Waals surface area contributed by atoms with Crippen LogP contribution in [0, 0.1) is 11.7 Å². The average molecular weight is 207 g/mol. The molecule has 15 heavy (non-hydrogen) atoms. The summed E-state index contributed by atoms with van der Waals surface area (Å²) in [6.07, 6.45) is 2.23. The number of hydrogen-bond donors (Lipinski definition) is 1. The van der Waals surface area contributed by atoms with Gasteiger partial charge in [-0.05, 0) is 42.0 Å². The molecule has 1 unspecified atom stereocenters. The van der Waals surface area contributed by atoms with Crippen LogP contribution in [0.4, 0.5) is 4.39 Å². The summed E-state index contributed by atoms with van der Waals surface area (Å²) in [5.74, 6) is 0.586. The SMILES string of the molecule is CC(C)CC1Cc2ccc(F)cc2CN1. The lowest BCUT2D eigenvalue weighted by molar-refractivity contribution is 0.397. The van der Waals surface area contributed by atoms with Gasteiger partial charge in [0.25, 0.3) is 0 Å². The summed E-state index contributed by atoms with van der Waals surface area (Å²) in [6.45, 7) is 5.29. The molecule has 1 aromatic carbocycles. The van der Waals surface area contributed by atoms with Gasteiger partial charge in [-0.1, -0.05) is 19.9 Å². The molecule has 0 aromatic heterocycles. The summed E-state index contributed by atoms with van der Waals surface area (Å²) in [6, 6.07) is 5.70. The summed E-state index contributed by atoms with van der Waals surface area (Å²) in [5, 5.41) is 3.47. The summed E-state index contributed by atoms with van der Waals surface area (Å²) in [4.78, 5) is 0. The summed E-state index contributed by atoms with van der Waals surface area (Å²) >= 11 is 0. The van der Waals surface area contributed by atoms with Crippen molar-refractivity contribution in [2.24, 2.45) is 5.92 Å². The zero-order valence-corrected chi connectivity index (χ0v) is 9.39. The van der Waals surface area contributed by atoms with Gasteiger partial charge < -0.3 is 5.32 Å². The second-order valence-electron chi connectivity index (χ2n) is 4.82. The first-order valence-electron chi connectivity index (χ1n) is 5.66. The van der Waals surface area contributed by atoms with Crippen LogP contribution in [-0.4, -0.2) is 6.04 Å². The van der Waals surface area contributed by atoms with E-state index in [-0.39, 0.29) is 5.82 Å². The van der Waals surface area contributed by atoms with Gasteiger partial charge in [-0.2, -0.15) is 0 Å². The normalized spacial score (nSPS) is 20.4. The molecule has 1 N–H and O–H groups in total. The zero-order valence-electron chi connectivity index (χ0n) is 9.39. The molecule has 1 atom stereocenters. The Morgan fingerprint density at radius 1 is 1.40 bits per heavy atom. The van der Waals surface area contributed by atoms with E-state index in [9.17, 15) is 4.39 Å². The molecular weight excluding hydrogens is 189 g/mol. The van der Waals surface area contributed by atoms with E-state index in [4.69, 9.17) is 0 Å². The monoisotopic (exact) mass is 207 g/mol. The van der Waals surface area contributed by atoms with Gasteiger partial charge in [-0.15, -0.1) is 0 Å². The number of hydrogen-bond acceptors (Lipinski definition) is 1. The first-order chi connectivity index (χ1) is 7.15. The lowest BCUT2D eigenvalue weighted by atomic mass is 9.91. The predicted octanol–water partition coefficient (Wildman–Crippen LogP) is 2.89. The van der Waals surface area contributed by atoms with Crippen LogP contribution < -0.4 is 5.32 Å². The maximum atomic E-state index is 13.0. The Morgan fingerprint density at radius 2 is 2.20 bits per heavy atom. The minimum Gasteiger partial charge on any atom is -0.310 e. The Labute approximate surface area is 90.7 Å². The van der Waals surface area contributed by atoms with Crippen molar-refractivity contribution >= 4 is 0 Å². The van der Waals surface area contributed by atoms with Crippen LogP contribution in [0.1, 0.15) is 31.4 Å². The summed E-state index contributed by atoms with van der Waals surface area (Å²) < 4.78 is 13.0. The third-order valence-corrected chi connectivity index (χ3v) is 2.97. The van der Waals surface area contributed by atoms with E-state index in [1.54, 1.807) is 12.1 Å². The van der Waals surface area contributed by atoms with Gasteiger partial charge in [0.15, 0.2) is 0 Å². The maximum absolute atomic E-state index is 13.0. The smallest absolute Gasteiger partial charge is 0.123 e. The molecule has 0 amide bonds. The molecule has 1 heterocycles. The lowest BCUT2D eigenvalue weighted by Gasteiger charge is -2.27. The van der Waals surface area contributed by atoms with Crippen molar-refractivity contribution in [1.29, 1.82) is 0 Å². The molecule has 0 spiro atoms. The van der Waals surface area contributed by atoms with E-state index >= 15 is 0 Å². The third kappa shape index (κ3) is 2.57. The second-order valence-corrected chi connectivity index (χ2v) is 4.82. The standard InChI is InChI=1S/C13H18FN/c1-9(2)5-13-7-10-3-4-12(14)6-11(10)8-15-13/h3-4,6,9,13,15H,5,7-8H2,1-2H3. The van der Waals surface area contributed by atoms with Crippen molar-refractivity contribution in [2.75, 3.05) is 0 Å². The Bertz CT molecular complexity index is 346. The highest BCUT2D eigenvalue weighted by Gasteiger charge is 2.18. The number of rotatable bonds is 2. The molecule has 0 bridgehead atoms. The fourth-order valence-corrected chi connectivity index (χ4v) is 2.29. The van der Waals surface area contributed by atoms with E-state index in [1.807, 2.05) is 6.07 Å². The lowest BCUT2D eigenvalue weighted by Crippen LogP contribution is -2.36. The second kappa shape index (κ2) is 4.31. The highest BCUT2D eigenvalue weighted by Crippen LogP contribution is 2.20. The maximum Gasteiger partial charge on any atom is 0.123 e. The zero-order chi connectivity index (χ0) is 10.8. The van der Waals surface area contributed by atoms with Crippen molar-refractivity contribution in [3.05, 3.63) is 35.1 Å². The van der Waals surface area contributed by atoms with Crippen LogP contribution >= 0.6 is 0 Å². The number of fused-ring (bicyclic) bond motifs is 1. The summed E-state index contributed by atoms with van der Waals surface area (Å²) in [7, 11) is 0.